The van der Waals surface area contributed by atoms with Gasteiger partial charge in [0.1, 0.15) is 0 Å². The van der Waals surface area contributed by atoms with Gasteiger partial charge in [0.15, 0.2) is 0 Å². The van der Waals surface area contributed by atoms with Gasteiger partial charge in [0.25, 0.3) is 0 Å². The number of nitrogens with zero attached hydrogens (tertiary/aromatic N) is 1. The smallest absolute Gasteiger partial charge is 0.0519 e. The summed E-state index contributed by atoms with van der Waals surface area (Å²) in [6.45, 7) is 3.27. The van der Waals surface area contributed by atoms with Crippen LogP contribution in [0.25, 0.3) is 0 Å². The fraction of sp³-hybridized carbons (Fsp3) is 0.455. The number of hydrazine groups is 1. The SMILES string of the molecule is CCCCN(NC)c1ccccc1. The zero-order valence-electron chi connectivity index (χ0n) is 8.46. The maximum atomic E-state index is 3.19. The summed E-state index contributed by atoms with van der Waals surface area (Å²) in [5.41, 5.74) is 4.42. The molecule has 0 saturated heterocycles. The van der Waals surface area contributed by atoms with Gasteiger partial charge in [-0.15, -0.1) is 0 Å². The molecule has 0 bridgehead atoms. The Morgan fingerprint density at radius 2 is 1.92 bits per heavy atom. The molecule has 0 radical (unpaired) electrons. The van der Waals surface area contributed by atoms with Crippen molar-refractivity contribution < 1.29 is 0 Å². The molecule has 2 nitrogen and oxygen atoms in total. The first kappa shape index (κ1) is 10.1. The van der Waals surface area contributed by atoms with Gasteiger partial charge in [-0.05, 0) is 18.6 Å². The zero-order valence-corrected chi connectivity index (χ0v) is 8.46. The van der Waals surface area contributed by atoms with Gasteiger partial charge in [0, 0.05) is 13.6 Å². The predicted molar refractivity (Wildman–Crippen MR) is 57.8 cm³/mol. The molecule has 0 aromatic heterocycles. The highest BCUT2D eigenvalue weighted by molar-refractivity contribution is 5.44. The Morgan fingerprint density at radius 1 is 1.23 bits per heavy atom. The molecule has 0 fully saturated rings. The van der Waals surface area contributed by atoms with Crippen LogP contribution < -0.4 is 10.4 Å². The number of unbranched alkanes of at least 4 members (excludes halogenated alkanes) is 1. The van der Waals surface area contributed by atoms with Crippen LogP contribution in [-0.2, 0) is 0 Å². The minimum absolute atomic E-state index is 1.07. The second-order valence-electron chi connectivity index (χ2n) is 3.06. The van der Waals surface area contributed by atoms with E-state index in [2.05, 4.69) is 41.6 Å². The first-order valence-corrected chi connectivity index (χ1v) is 4.88. The van der Waals surface area contributed by atoms with Crippen LogP contribution in [0.15, 0.2) is 30.3 Å². The van der Waals surface area contributed by atoms with Crippen molar-refractivity contribution in [3.63, 3.8) is 0 Å². The van der Waals surface area contributed by atoms with Gasteiger partial charge in [-0.2, -0.15) is 0 Å². The third-order valence-corrected chi connectivity index (χ3v) is 2.07. The summed E-state index contributed by atoms with van der Waals surface area (Å²) < 4.78 is 0. The largest absolute Gasteiger partial charge is 0.309 e. The summed E-state index contributed by atoms with van der Waals surface area (Å²) in [5.74, 6) is 0. The van der Waals surface area contributed by atoms with Crippen molar-refractivity contribution >= 4 is 5.69 Å². The summed E-state index contributed by atoms with van der Waals surface area (Å²) in [6, 6.07) is 10.4. The summed E-state index contributed by atoms with van der Waals surface area (Å²) in [6.07, 6.45) is 2.45. The molecule has 1 rings (SSSR count). The highest BCUT2D eigenvalue weighted by Gasteiger charge is 2.00. The molecule has 0 aliphatic rings. The van der Waals surface area contributed by atoms with Gasteiger partial charge in [0.2, 0.25) is 0 Å². The summed E-state index contributed by atoms with van der Waals surface area (Å²) >= 11 is 0. The number of para-hydroxylation sites is 1. The van der Waals surface area contributed by atoms with Crippen LogP contribution in [0, 0.1) is 0 Å². The van der Waals surface area contributed by atoms with Crippen molar-refractivity contribution in [1.29, 1.82) is 0 Å². The molecule has 72 valence electrons. The molecular formula is C11H18N2. The van der Waals surface area contributed by atoms with Crippen LogP contribution >= 0.6 is 0 Å². The van der Waals surface area contributed by atoms with E-state index in [0.29, 0.717) is 0 Å². The quantitative estimate of drug-likeness (QED) is 0.697. The first-order chi connectivity index (χ1) is 6.38. The van der Waals surface area contributed by atoms with E-state index in [-0.39, 0.29) is 0 Å². The summed E-state index contributed by atoms with van der Waals surface area (Å²) in [4.78, 5) is 0. The van der Waals surface area contributed by atoms with Crippen LogP contribution in [0.4, 0.5) is 5.69 Å². The molecule has 13 heavy (non-hydrogen) atoms. The third kappa shape index (κ3) is 3.07. The van der Waals surface area contributed by atoms with Gasteiger partial charge in [-0.25, -0.2) is 5.43 Å². The van der Waals surface area contributed by atoms with Crippen molar-refractivity contribution in [2.45, 2.75) is 19.8 Å². The Bertz CT molecular complexity index is 221. The summed E-state index contributed by atoms with van der Waals surface area (Å²) in [5, 5.41) is 2.17. The van der Waals surface area contributed by atoms with Crippen molar-refractivity contribution in [2.75, 3.05) is 18.6 Å². The van der Waals surface area contributed by atoms with Crippen molar-refractivity contribution in [3.8, 4) is 0 Å². The lowest BCUT2D eigenvalue weighted by Gasteiger charge is -2.23. The molecule has 0 spiro atoms. The van der Waals surface area contributed by atoms with E-state index in [1.54, 1.807) is 0 Å². The van der Waals surface area contributed by atoms with Crippen LogP contribution in [-0.4, -0.2) is 13.6 Å². The lowest BCUT2D eigenvalue weighted by molar-refractivity contribution is 0.656. The van der Waals surface area contributed by atoms with E-state index in [9.17, 15) is 0 Å². The molecular weight excluding hydrogens is 160 g/mol. The van der Waals surface area contributed by atoms with E-state index in [0.717, 1.165) is 6.54 Å². The van der Waals surface area contributed by atoms with Crippen LogP contribution in [0.2, 0.25) is 0 Å². The molecule has 0 atom stereocenters. The first-order valence-electron chi connectivity index (χ1n) is 4.88. The maximum Gasteiger partial charge on any atom is 0.0519 e. The molecule has 0 heterocycles. The lowest BCUT2D eigenvalue weighted by Crippen LogP contribution is -2.35. The highest BCUT2D eigenvalue weighted by Crippen LogP contribution is 2.10. The average molecular weight is 178 g/mol. The molecule has 1 N–H and O–H groups in total. The summed E-state index contributed by atoms with van der Waals surface area (Å²) in [7, 11) is 1.96. The maximum absolute atomic E-state index is 3.19. The molecule has 1 aromatic carbocycles. The predicted octanol–water partition coefficient (Wildman–Crippen LogP) is 2.43. The molecule has 2 heteroatoms. The second kappa shape index (κ2) is 5.60. The molecule has 0 amide bonds. The van der Waals surface area contributed by atoms with E-state index < -0.39 is 0 Å². The normalized spacial score (nSPS) is 10.0. The van der Waals surface area contributed by atoms with Gasteiger partial charge >= 0.3 is 0 Å². The zero-order chi connectivity index (χ0) is 9.52. The number of benzene rings is 1. The molecule has 0 aliphatic heterocycles. The highest BCUT2D eigenvalue weighted by atomic mass is 15.5. The Kier molecular flexibility index (Phi) is 4.33. The standard InChI is InChI=1S/C11H18N2/c1-3-4-10-13(12-2)11-8-6-5-7-9-11/h5-9,12H,3-4,10H2,1-2H3. The Hall–Kier alpha value is -1.02. The minimum Gasteiger partial charge on any atom is -0.309 e. The van der Waals surface area contributed by atoms with Crippen molar-refractivity contribution in [2.24, 2.45) is 0 Å². The Balaban J connectivity index is 2.56. The van der Waals surface area contributed by atoms with E-state index in [1.807, 2.05) is 13.1 Å². The molecule has 0 aliphatic carbocycles. The van der Waals surface area contributed by atoms with Crippen molar-refractivity contribution in [3.05, 3.63) is 30.3 Å². The van der Waals surface area contributed by atoms with Crippen LogP contribution in [0.1, 0.15) is 19.8 Å². The fourth-order valence-corrected chi connectivity index (χ4v) is 1.29. The number of hydrogen-bond acceptors (Lipinski definition) is 2. The monoisotopic (exact) mass is 178 g/mol. The van der Waals surface area contributed by atoms with Gasteiger partial charge < -0.3 is 5.01 Å². The van der Waals surface area contributed by atoms with E-state index >= 15 is 0 Å². The topological polar surface area (TPSA) is 15.3 Å². The van der Waals surface area contributed by atoms with Crippen LogP contribution in [0.5, 0.6) is 0 Å². The fourth-order valence-electron chi connectivity index (χ4n) is 1.29. The Labute approximate surface area is 80.5 Å². The number of rotatable bonds is 5. The minimum atomic E-state index is 1.07. The third-order valence-electron chi connectivity index (χ3n) is 2.07. The van der Waals surface area contributed by atoms with Crippen molar-refractivity contribution in [1.82, 2.24) is 5.43 Å². The van der Waals surface area contributed by atoms with Gasteiger partial charge in [0.05, 0.1) is 5.69 Å². The average Bonchev–Trinajstić information content (AvgIpc) is 2.21. The van der Waals surface area contributed by atoms with E-state index in [1.165, 1.54) is 18.5 Å². The lowest BCUT2D eigenvalue weighted by atomic mass is 10.3. The van der Waals surface area contributed by atoms with E-state index in [4.69, 9.17) is 0 Å². The number of hydrogen-bond donors (Lipinski definition) is 1. The molecule has 1 aromatic rings. The number of nitrogens with one attached hydrogen (secondary N) is 1. The molecule has 0 unspecified atom stereocenters. The number of anilines is 1. The van der Waals surface area contributed by atoms with Gasteiger partial charge in [-0.3, -0.25) is 0 Å². The second-order valence-corrected chi connectivity index (χ2v) is 3.06. The Morgan fingerprint density at radius 3 is 2.46 bits per heavy atom. The van der Waals surface area contributed by atoms with Gasteiger partial charge in [-0.1, -0.05) is 31.5 Å². The molecule has 0 saturated carbocycles. The van der Waals surface area contributed by atoms with Crippen LogP contribution in [0.3, 0.4) is 0 Å².